The van der Waals surface area contributed by atoms with Crippen LogP contribution in [-0.2, 0) is 4.79 Å². The lowest BCUT2D eigenvalue weighted by atomic mass is 10.1. The van der Waals surface area contributed by atoms with Crippen molar-refractivity contribution in [2.75, 3.05) is 7.11 Å². The molecule has 2 aliphatic rings. The van der Waals surface area contributed by atoms with E-state index in [-0.39, 0.29) is 11.4 Å². The molecule has 2 aliphatic heterocycles. The maximum atomic E-state index is 12.6. The first-order chi connectivity index (χ1) is 13.9. The Morgan fingerprint density at radius 3 is 2.76 bits per heavy atom. The van der Waals surface area contributed by atoms with Crippen LogP contribution in [0.2, 0.25) is 0 Å². The number of hydrazone groups is 1. The number of methoxy groups -OCH3 is 1. The van der Waals surface area contributed by atoms with Crippen LogP contribution in [0.1, 0.15) is 30.3 Å². The van der Waals surface area contributed by atoms with Gasteiger partial charge in [-0.2, -0.15) is 15.1 Å². The van der Waals surface area contributed by atoms with Gasteiger partial charge in [-0.1, -0.05) is 19.1 Å². The van der Waals surface area contributed by atoms with Crippen molar-refractivity contribution in [2.45, 2.75) is 27.2 Å². The van der Waals surface area contributed by atoms with Crippen molar-refractivity contribution in [3.63, 3.8) is 0 Å². The van der Waals surface area contributed by atoms with Gasteiger partial charge in [0, 0.05) is 11.4 Å². The number of carbonyl (C=O) groups is 1. The number of nitrogens with one attached hydrogen (secondary N) is 1. The zero-order valence-electron chi connectivity index (χ0n) is 16.7. The average Bonchev–Trinajstić information content (AvgIpc) is 3.25. The molecule has 0 saturated heterocycles. The van der Waals surface area contributed by atoms with Gasteiger partial charge in [-0.3, -0.25) is 10.2 Å². The number of para-hydroxylation sites is 2. The summed E-state index contributed by atoms with van der Waals surface area (Å²) in [5.41, 5.74) is 3.96. The molecule has 0 aliphatic carbocycles. The first-order valence-electron chi connectivity index (χ1n) is 9.26. The van der Waals surface area contributed by atoms with Gasteiger partial charge in [-0.25, -0.2) is 0 Å². The van der Waals surface area contributed by atoms with Crippen LogP contribution in [0.5, 0.6) is 5.75 Å². The Hall–Kier alpha value is -3.13. The van der Waals surface area contributed by atoms with Gasteiger partial charge in [0.1, 0.15) is 10.8 Å². The summed E-state index contributed by atoms with van der Waals surface area (Å²) in [7, 11) is 1.65. The number of amidine groups is 2. The maximum Gasteiger partial charge on any atom is 0.283 e. The number of thioether (sulfide) groups is 1. The van der Waals surface area contributed by atoms with Crippen molar-refractivity contribution >= 4 is 39.8 Å². The number of amides is 1. The van der Waals surface area contributed by atoms with E-state index in [0.29, 0.717) is 5.17 Å². The normalized spacial score (nSPS) is 17.5. The van der Waals surface area contributed by atoms with Crippen LogP contribution < -0.4 is 4.74 Å². The molecule has 1 N–H and O–H groups in total. The lowest BCUT2D eigenvalue weighted by molar-refractivity contribution is -0.114. The highest BCUT2D eigenvalue weighted by atomic mass is 32.2. The molecule has 29 heavy (non-hydrogen) atoms. The SMILES string of the molecule is CCC1=NN2C(=N)C(=Cc3cc(C)n(-c4ccccc4OC)c3C)C(=O)N=C2S1. The standard InChI is InChI=1S/C21H21N5O2S/c1-5-18-24-26-19(22)15(20(27)23-21(26)29-18)11-14-10-12(2)25(13(14)3)16-8-6-7-9-17(16)28-4/h6-11,22H,5H2,1-4H3. The quantitative estimate of drug-likeness (QED) is 0.773. The maximum absolute atomic E-state index is 12.6. The Morgan fingerprint density at radius 2 is 2.03 bits per heavy atom. The molecular weight excluding hydrogens is 386 g/mol. The molecule has 0 radical (unpaired) electrons. The van der Waals surface area contributed by atoms with E-state index in [0.717, 1.165) is 39.9 Å². The van der Waals surface area contributed by atoms with Crippen LogP contribution in [0.15, 0.2) is 46.0 Å². The van der Waals surface area contributed by atoms with Crippen molar-refractivity contribution in [3.05, 3.63) is 52.9 Å². The third-order valence-electron chi connectivity index (χ3n) is 4.89. The fourth-order valence-corrected chi connectivity index (χ4v) is 4.27. The Labute approximate surface area is 173 Å². The smallest absolute Gasteiger partial charge is 0.283 e. The molecule has 8 heteroatoms. The summed E-state index contributed by atoms with van der Waals surface area (Å²) >= 11 is 1.34. The molecule has 7 nitrogen and oxygen atoms in total. The van der Waals surface area contributed by atoms with Crippen LogP contribution in [-0.4, -0.2) is 38.6 Å². The third-order valence-corrected chi connectivity index (χ3v) is 5.95. The highest BCUT2D eigenvalue weighted by molar-refractivity contribution is 8.26. The van der Waals surface area contributed by atoms with Gasteiger partial charge in [0.2, 0.25) is 5.17 Å². The number of benzene rings is 1. The largest absolute Gasteiger partial charge is 0.495 e. The van der Waals surface area contributed by atoms with Crippen LogP contribution in [0.3, 0.4) is 0 Å². The number of ether oxygens (including phenoxy) is 1. The van der Waals surface area contributed by atoms with E-state index in [9.17, 15) is 4.79 Å². The van der Waals surface area contributed by atoms with E-state index < -0.39 is 5.91 Å². The van der Waals surface area contributed by atoms with Gasteiger partial charge in [0.15, 0.2) is 5.84 Å². The molecule has 148 valence electrons. The highest BCUT2D eigenvalue weighted by Gasteiger charge is 2.35. The summed E-state index contributed by atoms with van der Waals surface area (Å²) in [5.74, 6) is 0.404. The van der Waals surface area contributed by atoms with Crippen molar-refractivity contribution in [3.8, 4) is 11.4 Å². The minimum Gasteiger partial charge on any atom is -0.495 e. The molecule has 1 amide bonds. The van der Waals surface area contributed by atoms with Crippen LogP contribution in [0.25, 0.3) is 11.8 Å². The van der Waals surface area contributed by atoms with Gasteiger partial charge in [0.05, 0.1) is 18.4 Å². The number of aromatic nitrogens is 1. The summed E-state index contributed by atoms with van der Waals surface area (Å²) in [4.78, 5) is 16.7. The molecule has 1 aromatic carbocycles. The first kappa shape index (κ1) is 19.2. The van der Waals surface area contributed by atoms with Gasteiger partial charge in [-0.05, 0) is 61.9 Å². The average molecular weight is 407 g/mol. The van der Waals surface area contributed by atoms with E-state index in [1.54, 1.807) is 13.2 Å². The van der Waals surface area contributed by atoms with Crippen LogP contribution >= 0.6 is 11.8 Å². The summed E-state index contributed by atoms with van der Waals surface area (Å²) in [5, 5.41) is 15.6. The number of fused-ring (bicyclic) bond motifs is 1. The van der Waals surface area contributed by atoms with Crippen molar-refractivity contribution in [1.82, 2.24) is 9.58 Å². The number of aliphatic imine (C=N–C) groups is 1. The minimum absolute atomic E-state index is 0.0537. The molecule has 4 rings (SSSR count). The second-order valence-corrected chi connectivity index (χ2v) is 7.74. The van der Waals surface area contributed by atoms with Gasteiger partial charge in [-0.15, -0.1) is 0 Å². The third kappa shape index (κ3) is 3.19. The monoisotopic (exact) mass is 407 g/mol. The molecule has 0 atom stereocenters. The Balaban J connectivity index is 1.78. The zero-order valence-corrected chi connectivity index (χ0v) is 17.5. The lowest BCUT2D eigenvalue weighted by Gasteiger charge is -2.20. The molecule has 0 unspecified atom stereocenters. The Bertz CT molecular complexity index is 1130. The van der Waals surface area contributed by atoms with E-state index in [1.807, 2.05) is 51.1 Å². The molecule has 1 aromatic heterocycles. The topological polar surface area (TPSA) is 83.0 Å². The molecule has 0 spiro atoms. The summed E-state index contributed by atoms with van der Waals surface area (Å²) in [6.07, 6.45) is 2.46. The first-order valence-corrected chi connectivity index (χ1v) is 10.1. The number of nitrogens with zero attached hydrogens (tertiary/aromatic N) is 4. The molecular formula is C21H21N5O2S. The van der Waals surface area contributed by atoms with E-state index in [4.69, 9.17) is 10.1 Å². The Morgan fingerprint density at radius 1 is 1.28 bits per heavy atom. The highest BCUT2D eigenvalue weighted by Crippen LogP contribution is 2.32. The van der Waals surface area contributed by atoms with Crippen molar-refractivity contribution in [2.24, 2.45) is 10.1 Å². The number of hydrogen-bond acceptors (Lipinski definition) is 5. The van der Waals surface area contributed by atoms with Crippen molar-refractivity contribution < 1.29 is 9.53 Å². The van der Waals surface area contributed by atoms with Crippen LogP contribution in [0.4, 0.5) is 0 Å². The van der Waals surface area contributed by atoms with Gasteiger partial charge < -0.3 is 9.30 Å². The number of hydrogen-bond donors (Lipinski definition) is 1. The lowest BCUT2D eigenvalue weighted by Crippen LogP contribution is -2.35. The van der Waals surface area contributed by atoms with Crippen molar-refractivity contribution in [1.29, 1.82) is 5.41 Å². The number of aryl methyl sites for hydroxylation is 1. The second-order valence-electron chi connectivity index (χ2n) is 6.70. The fourth-order valence-electron chi connectivity index (χ4n) is 3.45. The van der Waals surface area contributed by atoms with E-state index in [1.165, 1.54) is 16.8 Å². The number of rotatable bonds is 4. The molecule has 0 fully saturated rings. The fraction of sp³-hybridized carbons (Fsp3) is 0.238. The minimum atomic E-state index is -0.414. The molecule has 0 bridgehead atoms. The molecule has 0 saturated carbocycles. The Kier molecular flexibility index (Phi) is 4.87. The zero-order chi connectivity index (χ0) is 20.7. The summed E-state index contributed by atoms with van der Waals surface area (Å²) in [6.45, 7) is 5.97. The van der Waals surface area contributed by atoms with Gasteiger partial charge >= 0.3 is 0 Å². The number of carbonyl (C=O) groups excluding carboxylic acids is 1. The molecule has 2 aromatic rings. The second kappa shape index (κ2) is 7.36. The molecule has 3 heterocycles. The van der Waals surface area contributed by atoms with Crippen LogP contribution in [0, 0.1) is 19.3 Å². The van der Waals surface area contributed by atoms with E-state index in [2.05, 4.69) is 14.7 Å². The predicted octanol–water partition coefficient (Wildman–Crippen LogP) is 4.13. The van der Waals surface area contributed by atoms with Gasteiger partial charge in [0.25, 0.3) is 5.91 Å². The van der Waals surface area contributed by atoms with E-state index >= 15 is 0 Å². The summed E-state index contributed by atoms with van der Waals surface area (Å²) < 4.78 is 7.58. The predicted molar refractivity (Wildman–Crippen MR) is 117 cm³/mol. The summed E-state index contributed by atoms with van der Waals surface area (Å²) in [6, 6.07) is 9.78.